The number of benzene rings is 2. The number of hydrogen-bond acceptors (Lipinski definition) is 3. The number of alkyl halides is 2. The second-order valence-corrected chi connectivity index (χ2v) is 5.08. The van der Waals surface area contributed by atoms with Crippen LogP contribution in [0.15, 0.2) is 42.5 Å². The molecule has 0 aromatic heterocycles. The molecule has 0 atom stereocenters. The fraction of sp³-hybridized carbons (Fsp3) is 0.176. The summed E-state index contributed by atoms with van der Waals surface area (Å²) < 4.78 is 54.5. The molecule has 2 N–H and O–H groups in total. The molecule has 5 nitrogen and oxygen atoms in total. The molecule has 0 aliphatic rings. The molecule has 2 aromatic carbocycles. The van der Waals surface area contributed by atoms with Crippen LogP contribution in [0.4, 0.5) is 23.2 Å². The quantitative estimate of drug-likeness (QED) is 0.735. The summed E-state index contributed by atoms with van der Waals surface area (Å²) in [5.41, 5.74) is 0.0222. The number of hydrogen-bond donors (Lipinski definition) is 2. The lowest BCUT2D eigenvalue weighted by Crippen LogP contribution is -2.28. The standard InChI is InChI=1S/C17H14F4N2O3/c18-10-1-6-13(14(19)9-10)16(25)22-8-7-15(24)23-11-2-4-12(5-3-11)26-17(20)21/h1-6,9,17H,7-8H2,(H,22,25)(H,23,24). The summed E-state index contributed by atoms with van der Waals surface area (Å²) in [5, 5.41) is 4.84. The smallest absolute Gasteiger partial charge is 0.387 e. The highest BCUT2D eigenvalue weighted by Gasteiger charge is 2.12. The van der Waals surface area contributed by atoms with Crippen LogP contribution in [0.1, 0.15) is 16.8 Å². The molecule has 0 spiro atoms. The topological polar surface area (TPSA) is 67.4 Å². The molecular formula is C17H14F4N2O3. The third-order valence-corrected chi connectivity index (χ3v) is 3.18. The Hall–Kier alpha value is -3.10. The number of rotatable bonds is 7. The van der Waals surface area contributed by atoms with Crippen molar-refractivity contribution in [3.05, 3.63) is 59.7 Å². The third kappa shape index (κ3) is 5.76. The van der Waals surface area contributed by atoms with Crippen LogP contribution in [0.5, 0.6) is 5.75 Å². The second kappa shape index (κ2) is 8.84. The molecule has 0 radical (unpaired) electrons. The van der Waals surface area contributed by atoms with Gasteiger partial charge in [-0.1, -0.05) is 0 Å². The van der Waals surface area contributed by atoms with Gasteiger partial charge in [0.05, 0.1) is 5.56 Å². The molecule has 9 heteroatoms. The lowest BCUT2D eigenvalue weighted by Gasteiger charge is -2.08. The first-order chi connectivity index (χ1) is 12.3. The maximum Gasteiger partial charge on any atom is 0.387 e. The SMILES string of the molecule is O=C(CCNC(=O)c1ccc(F)cc1F)Nc1ccc(OC(F)F)cc1. The minimum absolute atomic E-state index is 0.0495. The number of halogens is 4. The average molecular weight is 370 g/mol. The van der Waals surface area contributed by atoms with E-state index >= 15 is 0 Å². The summed E-state index contributed by atoms with van der Waals surface area (Å²) in [5.74, 6) is -3.08. The number of amides is 2. The molecular weight excluding hydrogens is 356 g/mol. The van der Waals surface area contributed by atoms with Gasteiger partial charge in [-0.3, -0.25) is 9.59 Å². The summed E-state index contributed by atoms with van der Waals surface area (Å²) in [6, 6.07) is 7.82. The van der Waals surface area contributed by atoms with E-state index in [1.165, 1.54) is 24.3 Å². The molecule has 2 rings (SSSR count). The molecule has 0 heterocycles. The van der Waals surface area contributed by atoms with Gasteiger partial charge in [-0.25, -0.2) is 8.78 Å². The van der Waals surface area contributed by atoms with Crippen molar-refractivity contribution in [3.8, 4) is 5.75 Å². The van der Waals surface area contributed by atoms with Crippen molar-refractivity contribution in [1.29, 1.82) is 0 Å². The normalized spacial score (nSPS) is 10.5. The minimum atomic E-state index is -2.94. The summed E-state index contributed by atoms with van der Waals surface area (Å²) >= 11 is 0. The Morgan fingerprint density at radius 3 is 2.35 bits per heavy atom. The zero-order valence-corrected chi connectivity index (χ0v) is 13.3. The summed E-state index contributed by atoms with van der Waals surface area (Å²) in [4.78, 5) is 23.5. The van der Waals surface area contributed by atoms with Crippen LogP contribution < -0.4 is 15.4 Å². The molecule has 2 aromatic rings. The van der Waals surface area contributed by atoms with Crippen molar-refractivity contribution in [2.45, 2.75) is 13.0 Å². The predicted molar refractivity (Wildman–Crippen MR) is 85.0 cm³/mol. The van der Waals surface area contributed by atoms with Crippen molar-refractivity contribution < 1.29 is 31.9 Å². The van der Waals surface area contributed by atoms with Gasteiger partial charge in [0, 0.05) is 24.7 Å². The number of nitrogens with one attached hydrogen (secondary N) is 2. The Balaban J connectivity index is 1.79. The Morgan fingerprint density at radius 1 is 1.04 bits per heavy atom. The Labute approximate surface area is 146 Å². The van der Waals surface area contributed by atoms with Crippen molar-refractivity contribution in [1.82, 2.24) is 5.32 Å². The fourth-order valence-electron chi connectivity index (χ4n) is 2.00. The predicted octanol–water partition coefficient (Wildman–Crippen LogP) is 3.32. The third-order valence-electron chi connectivity index (χ3n) is 3.18. The molecule has 0 unspecified atom stereocenters. The van der Waals surface area contributed by atoms with Gasteiger partial charge in [0.15, 0.2) is 0 Å². The molecule has 0 saturated heterocycles. The van der Waals surface area contributed by atoms with E-state index in [4.69, 9.17) is 0 Å². The van der Waals surface area contributed by atoms with E-state index in [-0.39, 0.29) is 24.3 Å². The van der Waals surface area contributed by atoms with Crippen LogP contribution in [-0.4, -0.2) is 25.0 Å². The lowest BCUT2D eigenvalue weighted by atomic mass is 10.2. The minimum Gasteiger partial charge on any atom is -0.435 e. The fourth-order valence-corrected chi connectivity index (χ4v) is 2.00. The van der Waals surface area contributed by atoms with Gasteiger partial charge in [0.25, 0.3) is 5.91 Å². The summed E-state index contributed by atoms with van der Waals surface area (Å²) in [6.45, 7) is -3.02. The molecule has 138 valence electrons. The summed E-state index contributed by atoms with van der Waals surface area (Å²) in [6.07, 6.45) is -0.107. The second-order valence-electron chi connectivity index (χ2n) is 5.08. The number of carbonyl (C=O) groups is 2. The van der Waals surface area contributed by atoms with Crippen molar-refractivity contribution >= 4 is 17.5 Å². The van der Waals surface area contributed by atoms with Crippen molar-refractivity contribution in [2.24, 2.45) is 0 Å². The van der Waals surface area contributed by atoms with Gasteiger partial charge >= 0.3 is 6.61 Å². The molecule has 0 aliphatic carbocycles. The maximum absolute atomic E-state index is 13.4. The van der Waals surface area contributed by atoms with Gasteiger partial charge in [-0.2, -0.15) is 8.78 Å². The Morgan fingerprint density at radius 2 is 1.73 bits per heavy atom. The van der Waals surface area contributed by atoms with Gasteiger partial charge < -0.3 is 15.4 Å². The lowest BCUT2D eigenvalue weighted by molar-refractivity contribution is -0.116. The molecule has 0 bridgehead atoms. The number of anilines is 1. The summed E-state index contributed by atoms with van der Waals surface area (Å²) in [7, 11) is 0. The van der Waals surface area contributed by atoms with Crippen LogP contribution in [0.3, 0.4) is 0 Å². The van der Waals surface area contributed by atoms with E-state index in [1.54, 1.807) is 0 Å². The van der Waals surface area contributed by atoms with Crippen LogP contribution in [0.2, 0.25) is 0 Å². The van der Waals surface area contributed by atoms with Crippen LogP contribution in [0, 0.1) is 11.6 Å². The first-order valence-corrected chi connectivity index (χ1v) is 7.43. The average Bonchev–Trinajstić information content (AvgIpc) is 2.56. The van der Waals surface area contributed by atoms with Gasteiger partial charge in [-0.05, 0) is 36.4 Å². The first kappa shape index (κ1) is 19.2. The van der Waals surface area contributed by atoms with Crippen molar-refractivity contribution in [3.63, 3.8) is 0 Å². The van der Waals surface area contributed by atoms with Gasteiger partial charge in [-0.15, -0.1) is 0 Å². The molecule has 0 fully saturated rings. The number of ether oxygens (including phenoxy) is 1. The molecule has 2 amide bonds. The maximum atomic E-state index is 13.4. The van der Waals surface area contributed by atoms with Crippen LogP contribution >= 0.6 is 0 Å². The van der Waals surface area contributed by atoms with Crippen molar-refractivity contribution in [2.75, 3.05) is 11.9 Å². The van der Waals surface area contributed by atoms with Crippen LogP contribution in [-0.2, 0) is 4.79 Å². The molecule has 0 saturated carbocycles. The Bertz CT molecular complexity index is 782. The largest absolute Gasteiger partial charge is 0.435 e. The Kier molecular flexibility index (Phi) is 6.54. The van der Waals surface area contributed by atoms with Gasteiger partial charge in [0.1, 0.15) is 17.4 Å². The van der Waals surface area contributed by atoms with E-state index < -0.39 is 30.1 Å². The zero-order chi connectivity index (χ0) is 19.1. The van der Waals surface area contributed by atoms with E-state index in [1.807, 2.05) is 0 Å². The zero-order valence-electron chi connectivity index (χ0n) is 13.3. The van der Waals surface area contributed by atoms with E-state index in [0.717, 1.165) is 12.1 Å². The van der Waals surface area contributed by atoms with E-state index in [2.05, 4.69) is 15.4 Å². The monoisotopic (exact) mass is 370 g/mol. The highest BCUT2D eigenvalue weighted by molar-refractivity contribution is 5.95. The molecule has 0 aliphatic heterocycles. The van der Waals surface area contributed by atoms with E-state index in [9.17, 15) is 27.2 Å². The van der Waals surface area contributed by atoms with Gasteiger partial charge in [0.2, 0.25) is 5.91 Å². The highest BCUT2D eigenvalue weighted by atomic mass is 19.3. The molecule has 26 heavy (non-hydrogen) atoms. The van der Waals surface area contributed by atoms with Crippen LogP contribution in [0.25, 0.3) is 0 Å². The first-order valence-electron chi connectivity index (χ1n) is 7.43. The van der Waals surface area contributed by atoms with E-state index in [0.29, 0.717) is 11.8 Å². The highest BCUT2D eigenvalue weighted by Crippen LogP contribution is 2.17. The number of carbonyl (C=O) groups excluding carboxylic acids is 2.